The zero-order valence-corrected chi connectivity index (χ0v) is 10.7. The predicted molar refractivity (Wildman–Crippen MR) is 65.4 cm³/mol. The Kier molecular flexibility index (Phi) is 5.49. The van der Waals surface area contributed by atoms with Gasteiger partial charge in [-0.3, -0.25) is 0 Å². The maximum Gasteiger partial charge on any atom is 0.0951 e. The van der Waals surface area contributed by atoms with Crippen LogP contribution in [0.1, 0.15) is 39.4 Å². The Bertz CT molecular complexity index is 294. The van der Waals surface area contributed by atoms with Gasteiger partial charge in [0.25, 0.3) is 0 Å². The molecule has 1 aromatic rings. The van der Waals surface area contributed by atoms with Gasteiger partial charge in [-0.05, 0) is 13.8 Å². The first-order valence-electron chi connectivity index (χ1n) is 5.93. The van der Waals surface area contributed by atoms with Gasteiger partial charge in [-0.25, -0.2) is 4.98 Å². The molecule has 1 aromatic heterocycles. The fraction of sp³-hybridized carbons (Fsp3) is 0.750. The van der Waals surface area contributed by atoms with Crippen molar-refractivity contribution in [1.29, 1.82) is 0 Å². The van der Waals surface area contributed by atoms with Crippen molar-refractivity contribution in [2.45, 2.75) is 46.4 Å². The molecular formula is C12H23N3O. The van der Waals surface area contributed by atoms with Crippen LogP contribution < -0.4 is 5.32 Å². The third kappa shape index (κ3) is 4.33. The molecule has 0 aliphatic carbocycles. The maximum absolute atomic E-state index is 5.60. The minimum Gasteiger partial charge on any atom is -0.374 e. The second-order valence-electron chi connectivity index (χ2n) is 4.55. The molecule has 0 fully saturated rings. The van der Waals surface area contributed by atoms with Crippen molar-refractivity contribution in [3.8, 4) is 0 Å². The van der Waals surface area contributed by atoms with E-state index in [1.807, 2.05) is 12.5 Å². The molecule has 0 atom stereocenters. The number of nitrogens with one attached hydrogen (secondary N) is 1. The first-order valence-corrected chi connectivity index (χ1v) is 5.93. The van der Waals surface area contributed by atoms with Crippen molar-refractivity contribution >= 4 is 0 Å². The van der Waals surface area contributed by atoms with Crippen molar-refractivity contribution in [2.75, 3.05) is 13.2 Å². The second-order valence-corrected chi connectivity index (χ2v) is 4.55. The summed E-state index contributed by atoms with van der Waals surface area (Å²) in [7, 11) is 0. The van der Waals surface area contributed by atoms with E-state index in [9.17, 15) is 0 Å². The lowest BCUT2D eigenvalue weighted by Gasteiger charge is -2.12. The fourth-order valence-electron chi connectivity index (χ4n) is 1.51. The molecule has 0 aromatic carbocycles. The molecule has 16 heavy (non-hydrogen) atoms. The first kappa shape index (κ1) is 13.2. The van der Waals surface area contributed by atoms with Gasteiger partial charge in [0.15, 0.2) is 0 Å². The lowest BCUT2D eigenvalue weighted by Crippen LogP contribution is -2.26. The lowest BCUT2D eigenvalue weighted by atomic mass is 10.3. The molecule has 0 saturated carbocycles. The van der Waals surface area contributed by atoms with E-state index in [0.29, 0.717) is 18.7 Å². The van der Waals surface area contributed by atoms with Gasteiger partial charge in [0.1, 0.15) is 0 Å². The Hall–Kier alpha value is -0.870. The van der Waals surface area contributed by atoms with Crippen molar-refractivity contribution < 1.29 is 4.74 Å². The molecule has 4 nitrogen and oxygen atoms in total. The van der Waals surface area contributed by atoms with Gasteiger partial charge in [0, 0.05) is 18.6 Å². The number of hydrogen-bond acceptors (Lipinski definition) is 3. The monoisotopic (exact) mass is 225 g/mol. The van der Waals surface area contributed by atoms with E-state index in [4.69, 9.17) is 4.74 Å². The smallest absolute Gasteiger partial charge is 0.0951 e. The lowest BCUT2D eigenvalue weighted by molar-refractivity contribution is 0.115. The number of aromatic nitrogens is 2. The minimum absolute atomic E-state index is 0.440. The quantitative estimate of drug-likeness (QED) is 0.721. The van der Waals surface area contributed by atoms with Gasteiger partial charge in [0.05, 0.1) is 31.4 Å². The molecule has 1 heterocycles. The van der Waals surface area contributed by atoms with Gasteiger partial charge in [-0.2, -0.15) is 0 Å². The molecule has 0 radical (unpaired) electrons. The molecule has 0 aliphatic rings. The first-order chi connectivity index (χ1) is 7.61. The van der Waals surface area contributed by atoms with E-state index in [2.05, 4.69) is 42.6 Å². The minimum atomic E-state index is 0.440. The fourth-order valence-corrected chi connectivity index (χ4v) is 1.51. The predicted octanol–water partition coefficient (Wildman–Crippen LogP) is 1.98. The van der Waals surface area contributed by atoms with E-state index < -0.39 is 0 Å². The van der Waals surface area contributed by atoms with Crippen LogP contribution in [0.4, 0.5) is 0 Å². The number of ether oxygens (including phenoxy) is 1. The Morgan fingerprint density at radius 2 is 2.12 bits per heavy atom. The number of nitrogens with zero attached hydrogens (tertiary/aromatic N) is 2. The normalized spacial score (nSPS) is 11.6. The van der Waals surface area contributed by atoms with Crippen molar-refractivity contribution in [2.24, 2.45) is 0 Å². The molecule has 0 bridgehead atoms. The molecule has 0 amide bonds. The number of hydrogen-bond donors (Lipinski definition) is 1. The zero-order valence-electron chi connectivity index (χ0n) is 10.7. The average Bonchev–Trinajstić information content (AvgIpc) is 2.65. The summed E-state index contributed by atoms with van der Waals surface area (Å²) in [4.78, 5) is 4.14. The Morgan fingerprint density at radius 1 is 1.38 bits per heavy atom. The molecule has 0 saturated heterocycles. The van der Waals surface area contributed by atoms with E-state index in [-0.39, 0.29) is 0 Å². The molecule has 1 N–H and O–H groups in total. The van der Waals surface area contributed by atoms with Crippen molar-refractivity contribution in [3.05, 3.63) is 18.2 Å². The van der Waals surface area contributed by atoms with Crippen LogP contribution in [0.3, 0.4) is 0 Å². The Balaban J connectivity index is 2.24. The van der Waals surface area contributed by atoms with Crippen LogP contribution in [0.25, 0.3) is 0 Å². The van der Waals surface area contributed by atoms with E-state index >= 15 is 0 Å². The highest BCUT2D eigenvalue weighted by Crippen LogP contribution is 2.09. The van der Waals surface area contributed by atoms with Gasteiger partial charge in [0.2, 0.25) is 0 Å². The van der Waals surface area contributed by atoms with Crippen LogP contribution in [0, 0.1) is 0 Å². The van der Waals surface area contributed by atoms with Gasteiger partial charge < -0.3 is 14.6 Å². The summed E-state index contributed by atoms with van der Waals surface area (Å²) in [6, 6.07) is 0.958. The number of imidazole rings is 1. The van der Waals surface area contributed by atoms with Gasteiger partial charge >= 0.3 is 0 Å². The third-order valence-electron chi connectivity index (χ3n) is 2.35. The summed E-state index contributed by atoms with van der Waals surface area (Å²) in [6.07, 6.45) is 3.73. The highest BCUT2D eigenvalue weighted by molar-refractivity contribution is 4.97. The molecule has 0 aliphatic heterocycles. The summed E-state index contributed by atoms with van der Waals surface area (Å²) in [5.41, 5.74) is 1.14. The number of rotatable bonds is 7. The average molecular weight is 225 g/mol. The molecule has 1 rings (SSSR count). The van der Waals surface area contributed by atoms with Crippen LogP contribution in [-0.4, -0.2) is 28.7 Å². The summed E-state index contributed by atoms with van der Waals surface area (Å²) in [6.45, 7) is 10.8. The Labute approximate surface area is 98.0 Å². The Morgan fingerprint density at radius 3 is 2.75 bits per heavy atom. The highest BCUT2D eigenvalue weighted by atomic mass is 16.5. The van der Waals surface area contributed by atoms with E-state index in [1.54, 1.807) is 0 Å². The molecule has 4 heteroatoms. The largest absolute Gasteiger partial charge is 0.374 e. The summed E-state index contributed by atoms with van der Waals surface area (Å²) >= 11 is 0. The topological polar surface area (TPSA) is 39.1 Å². The maximum atomic E-state index is 5.60. The van der Waals surface area contributed by atoms with E-state index in [0.717, 1.165) is 18.8 Å². The van der Waals surface area contributed by atoms with Crippen molar-refractivity contribution in [1.82, 2.24) is 14.9 Å². The molecule has 0 unspecified atom stereocenters. The van der Waals surface area contributed by atoms with Crippen LogP contribution in [-0.2, 0) is 11.3 Å². The van der Waals surface area contributed by atoms with Crippen LogP contribution in [0.15, 0.2) is 12.5 Å². The highest BCUT2D eigenvalue weighted by Gasteiger charge is 2.04. The summed E-state index contributed by atoms with van der Waals surface area (Å²) in [5.74, 6) is 0. The van der Waals surface area contributed by atoms with Crippen LogP contribution in [0.2, 0.25) is 0 Å². The molecule has 0 spiro atoms. The van der Waals surface area contributed by atoms with Crippen LogP contribution >= 0.6 is 0 Å². The summed E-state index contributed by atoms with van der Waals surface area (Å²) < 4.78 is 7.73. The van der Waals surface area contributed by atoms with Crippen molar-refractivity contribution in [3.63, 3.8) is 0 Å². The van der Waals surface area contributed by atoms with E-state index in [1.165, 1.54) is 0 Å². The zero-order chi connectivity index (χ0) is 12.0. The molecular weight excluding hydrogens is 202 g/mol. The standard InChI is InChI=1S/C12H23N3O/c1-10(2)14-5-6-16-8-12-7-13-9-15(12)11(3)4/h7,9-11,14H,5-6,8H2,1-4H3. The summed E-state index contributed by atoms with van der Waals surface area (Å²) in [5, 5.41) is 3.32. The molecule has 92 valence electrons. The van der Waals surface area contributed by atoms with Gasteiger partial charge in [-0.15, -0.1) is 0 Å². The van der Waals surface area contributed by atoms with Gasteiger partial charge in [-0.1, -0.05) is 13.8 Å². The second kappa shape index (κ2) is 6.66. The SMILES string of the molecule is CC(C)NCCOCc1cncn1C(C)C. The third-order valence-corrected chi connectivity index (χ3v) is 2.35. The van der Waals surface area contributed by atoms with Crippen LogP contribution in [0.5, 0.6) is 0 Å².